The van der Waals surface area contributed by atoms with Crippen molar-refractivity contribution in [3.8, 4) is 12.8 Å². The molecule has 0 radical (unpaired) electrons. The number of hydrogen-bond donors (Lipinski definition) is 0. The number of anilines is 1. The largest absolute Gasteiger partial charge is 0.286 e. The summed E-state index contributed by atoms with van der Waals surface area (Å²) in [5.74, 6) is 0.0602. The van der Waals surface area contributed by atoms with Gasteiger partial charge in [0.2, 0.25) is 10.0 Å². The average Bonchev–Trinajstić information content (AvgIpc) is 3.43. The average molecular weight is 594 g/mol. The van der Waals surface area contributed by atoms with Crippen LogP contribution in [0.15, 0.2) is 47.4 Å². The molecule has 0 amide bonds. The van der Waals surface area contributed by atoms with Crippen LogP contribution < -0.4 is 4.31 Å². The minimum absolute atomic E-state index is 0.0602. The molecule has 0 spiro atoms. The van der Waals surface area contributed by atoms with E-state index < -0.39 is 21.0 Å². The Kier molecular flexibility index (Phi) is 15.1. The normalized spacial score (nSPS) is 14.4. The Balaban J connectivity index is 0.00000154. The van der Waals surface area contributed by atoms with Crippen LogP contribution >= 0.6 is 34.8 Å². The lowest BCUT2D eigenvalue weighted by atomic mass is 10.3. The molecule has 1 unspecified atom stereocenters. The highest BCUT2D eigenvalue weighted by atomic mass is 35.5. The van der Waals surface area contributed by atoms with E-state index in [-0.39, 0.29) is 11.8 Å². The van der Waals surface area contributed by atoms with Crippen LogP contribution in [-0.2, 0) is 21.0 Å². The molecule has 0 aliphatic heterocycles. The Morgan fingerprint density at radius 3 is 2.08 bits per heavy atom. The van der Waals surface area contributed by atoms with Crippen molar-refractivity contribution in [2.24, 2.45) is 0 Å². The van der Waals surface area contributed by atoms with Crippen LogP contribution in [0.4, 0.5) is 5.69 Å². The summed E-state index contributed by atoms with van der Waals surface area (Å²) in [4.78, 5) is 0.569. The molecule has 1 aliphatic rings. The number of rotatable bonds is 10. The molecule has 1 aliphatic carbocycles. The zero-order valence-electron chi connectivity index (χ0n) is 21.0. The molecule has 0 N–H and O–H groups in total. The van der Waals surface area contributed by atoms with Gasteiger partial charge < -0.3 is 0 Å². The Hall–Kier alpha value is -1.27. The molecule has 0 bridgehead atoms. The van der Waals surface area contributed by atoms with Crippen molar-refractivity contribution in [2.45, 2.75) is 63.3 Å². The molecule has 10 heteroatoms. The van der Waals surface area contributed by atoms with E-state index in [1.165, 1.54) is 4.31 Å². The number of nitrogens with zero attached hydrogens (tertiary/aromatic N) is 2. The number of hydrogen-bond acceptors (Lipinski definition) is 3. The van der Waals surface area contributed by atoms with Crippen LogP contribution in [0.2, 0.25) is 15.1 Å². The summed E-state index contributed by atoms with van der Waals surface area (Å²) in [6, 6.07) is 11.9. The zero-order valence-corrected chi connectivity index (χ0v) is 24.9. The molecule has 36 heavy (non-hydrogen) atoms. The van der Waals surface area contributed by atoms with Crippen LogP contribution in [0.5, 0.6) is 0 Å². The van der Waals surface area contributed by atoms with E-state index in [9.17, 15) is 12.6 Å². The highest BCUT2D eigenvalue weighted by Crippen LogP contribution is 2.32. The predicted molar refractivity (Wildman–Crippen MR) is 156 cm³/mol. The van der Waals surface area contributed by atoms with E-state index in [0.717, 1.165) is 25.7 Å². The lowest BCUT2D eigenvalue weighted by Gasteiger charge is -2.26. The minimum Gasteiger partial charge on any atom is -0.286 e. The Labute approximate surface area is 234 Å². The third kappa shape index (κ3) is 9.55. The summed E-state index contributed by atoms with van der Waals surface area (Å²) in [5.41, 5.74) is 0.540. The van der Waals surface area contributed by atoms with Crippen molar-refractivity contribution < 1.29 is 12.6 Å². The molecule has 1 fully saturated rings. The number of terminal acetylenes is 1. The monoisotopic (exact) mass is 592 g/mol. The number of halogens is 3. The second kappa shape index (κ2) is 16.5. The minimum atomic E-state index is -3.32. The number of unbranched alkanes of at least 4 members (excludes halogenated alkanes) is 1. The fourth-order valence-electron chi connectivity index (χ4n) is 3.83. The van der Waals surface area contributed by atoms with Gasteiger partial charge in [-0.05, 0) is 68.1 Å². The fraction of sp³-hybridized carbons (Fsp3) is 0.462. The Morgan fingerprint density at radius 1 is 0.944 bits per heavy atom. The molecule has 0 aromatic heterocycles. The number of benzene rings is 2. The zero-order chi connectivity index (χ0) is 27.3. The van der Waals surface area contributed by atoms with Crippen molar-refractivity contribution >= 4 is 61.5 Å². The highest BCUT2D eigenvalue weighted by molar-refractivity contribution is 7.89. The third-order valence-electron chi connectivity index (χ3n) is 5.68. The molecule has 0 saturated heterocycles. The van der Waals surface area contributed by atoms with E-state index >= 15 is 0 Å². The molecule has 3 rings (SSSR count). The van der Waals surface area contributed by atoms with E-state index in [0.29, 0.717) is 45.0 Å². The molecular formula is C26H35Cl3N2O3S2. The van der Waals surface area contributed by atoms with Gasteiger partial charge in [0.05, 0.1) is 21.4 Å². The lowest BCUT2D eigenvalue weighted by molar-refractivity contribution is 0.372. The quantitative estimate of drug-likeness (QED) is 0.213. The molecule has 200 valence electrons. The summed E-state index contributed by atoms with van der Waals surface area (Å²) >= 11 is 18.5. The highest BCUT2D eigenvalue weighted by Gasteiger charge is 2.28. The first-order chi connectivity index (χ1) is 17.2. The van der Waals surface area contributed by atoms with Crippen molar-refractivity contribution in [1.29, 1.82) is 0 Å². The van der Waals surface area contributed by atoms with Crippen LogP contribution in [0.3, 0.4) is 0 Å². The maximum atomic E-state index is 13.4. The van der Waals surface area contributed by atoms with Crippen LogP contribution in [-0.4, -0.2) is 42.3 Å². The van der Waals surface area contributed by atoms with Gasteiger partial charge in [0.1, 0.15) is 0 Å². The Morgan fingerprint density at radius 2 is 1.50 bits per heavy atom. The first kappa shape index (κ1) is 32.8. The van der Waals surface area contributed by atoms with E-state index in [1.54, 1.807) is 53.8 Å². The van der Waals surface area contributed by atoms with Gasteiger partial charge in [-0.1, -0.05) is 61.5 Å². The standard InChI is InChI=1S/C22H27Cl3N2O3S2.C2H6.C2H2/c1-26(19-6-2-3-7-19)32(29,30)15-5-4-14-27(22-16-18(24)10-13-21(22)25)31(28)20-11-8-17(23)9-12-20;2*1-2/h8-13,16,19H,2-7,14-15H2,1H3;1-2H3;1-2H. The molecule has 2 aromatic carbocycles. The van der Waals surface area contributed by atoms with Gasteiger partial charge in [-0.25, -0.2) is 16.9 Å². The summed E-state index contributed by atoms with van der Waals surface area (Å²) < 4.78 is 42.0. The molecule has 0 heterocycles. The van der Waals surface area contributed by atoms with Gasteiger partial charge in [0.15, 0.2) is 11.0 Å². The Bertz CT molecular complexity index is 1090. The lowest BCUT2D eigenvalue weighted by Crippen LogP contribution is -2.37. The van der Waals surface area contributed by atoms with E-state index in [4.69, 9.17) is 34.8 Å². The van der Waals surface area contributed by atoms with Gasteiger partial charge in [-0.15, -0.1) is 12.8 Å². The van der Waals surface area contributed by atoms with Crippen molar-refractivity contribution in [3.05, 3.63) is 57.5 Å². The molecule has 5 nitrogen and oxygen atoms in total. The smallest absolute Gasteiger partial charge is 0.214 e. The SMILES string of the molecule is C#C.CC.CN(C1CCCC1)S(=O)(=O)CCCCN(c1cc(Cl)ccc1Cl)S(=O)c1ccc(Cl)cc1. The second-order valence-corrected chi connectivity index (χ2v) is 12.7. The third-order valence-corrected chi connectivity index (χ3v) is 9.93. The first-order valence-electron chi connectivity index (χ1n) is 11.9. The van der Waals surface area contributed by atoms with Crippen molar-refractivity contribution in [2.75, 3.05) is 23.7 Å². The van der Waals surface area contributed by atoms with Crippen LogP contribution in [0.25, 0.3) is 0 Å². The summed E-state index contributed by atoms with van der Waals surface area (Å²) in [7, 11) is -3.20. The van der Waals surface area contributed by atoms with Crippen LogP contribution in [0.1, 0.15) is 52.4 Å². The molecule has 2 aromatic rings. The second-order valence-electron chi connectivity index (χ2n) is 7.88. The van der Waals surface area contributed by atoms with Gasteiger partial charge in [-0.2, -0.15) is 0 Å². The van der Waals surface area contributed by atoms with Crippen molar-refractivity contribution in [1.82, 2.24) is 4.31 Å². The van der Waals surface area contributed by atoms with E-state index in [2.05, 4.69) is 12.8 Å². The molecule has 1 saturated carbocycles. The summed E-state index contributed by atoms with van der Waals surface area (Å²) in [6.07, 6.45) is 13.0. The molecular weight excluding hydrogens is 559 g/mol. The predicted octanol–water partition coefficient (Wildman–Crippen LogP) is 7.44. The van der Waals surface area contributed by atoms with Gasteiger partial charge in [-0.3, -0.25) is 4.31 Å². The maximum absolute atomic E-state index is 13.4. The van der Waals surface area contributed by atoms with Gasteiger partial charge >= 0.3 is 0 Å². The number of sulfonamides is 1. The van der Waals surface area contributed by atoms with Gasteiger partial charge in [0, 0.05) is 29.7 Å². The first-order valence-corrected chi connectivity index (χ1v) is 15.7. The summed E-state index contributed by atoms with van der Waals surface area (Å²) in [5, 5.41) is 1.45. The van der Waals surface area contributed by atoms with Crippen molar-refractivity contribution in [3.63, 3.8) is 0 Å². The topological polar surface area (TPSA) is 57.7 Å². The fourth-order valence-corrected chi connectivity index (χ4v) is 7.16. The summed E-state index contributed by atoms with van der Waals surface area (Å²) in [6.45, 7) is 4.36. The van der Waals surface area contributed by atoms with Gasteiger partial charge in [0.25, 0.3) is 0 Å². The van der Waals surface area contributed by atoms with Crippen LogP contribution in [0, 0.1) is 12.8 Å². The molecule has 1 atom stereocenters. The maximum Gasteiger partial charge on any atom is 0.214 e. The van der Waals surface area contributed by atoms with E-state index in [1.807, 2.05) is 13.8 Å².